The zero-order chi connectivity index (χ0) is 29.7. The molecule has 2 amide bonds. The highest BCUT2D eigenvalue weighted by molar-refractivity contribution is 6.39. The Balaban J connectivity index is 1.39. The summed E-state index contributed by atoms with van der Waals surface area (Å²) in [6.45, 7) is 0.530. The molecule has 2 heterocycles. The molecule has 1 aliphatic carbocycles. The lowest BCUT2D eigenvalue weighted by molar-refractivity contribution is -0.117. The molecule has 0 aliphatic heterocycles. The van der Waals surface area contributed by atoms with Gasteiger partial charge in [-0.15, -0.1) is 0 Å². The number of para-hydroxylation sites is 1. The predicted molar refractivity (Wildman–Crippen MR) is 154 cm³/mol. The van der Waals surface area contributed by atoms with Crippen molar-refractivity contribution in [2.45, 2.75) is 31.6 Å². The topological polar surface area (TPSA) is 161 Å². The third kappa shape index (κ3) is 7.33. The molecule has 4 N–H and O–H groups in total. The fraction of sp³-hybridized carbons (Fsp3) is 0.250. The first-order valence-electron chi connectivity index (χ1n) is 13.0. The number of benzene rings is 2. The minimum Gasteiger partial charge on any atom is -0.494 e. The van der Waals surface area contributed by atoms with E-state index in [9.17, 15) is 14.7 Å². The number of anilines is 3. The quantitative estimate of drug-likeness (QED) is 0.149. The molecule has 0 bridgehead atoms. The van der Waals surface area contributed by atoms with Crippen LogP contribution >= 0.6 is 0 Å². The standard InChI is InChI=1S/C28H26B2N6O6/c1-40-24-18(27-34-23(36-42-27)15-41-14-16-6-3-2-4-7-16)8-5-9-20(24)32-21-12-22(33-25(37)17-10-11-17)31-13-19(21)26(38)35-28(29,30)39/h2-9,12-13,17,39H,10-11,14-15H2,1H3,(H,35,38)(H2,31,32,33,37). The second kappa shape index (κ2) is 12.5. The average Bonchev–Trinajstić information content (AvgIpc) is 3.71. The van der Waals surface area contributed by atoms with E-state index in [4.69, 9.17) is 29.7 Å². The van der Waals surface area contributed by atoms with Gasteiger partial charge in [-0.05, 0) is 30.5 Å². The van der Waals surface area contributed by atoms with Crippen LogP contribution in [0.3, 0.4) is 0 Å². The van der Waals surface area contributed by atoms with Crippen molar-refractivity contribution >= 4 is 44.7 Å². The molecule has 0 unspecified atom stereocenters. The molecule has 4 radical (unpaired) electrons. The van der Waals surface area contributed by atoms with Gasteiger partial charge >= 0.3 is 0 Å². The number of nitrogens with zero attached hydrogens (tertiary/aromatic N) is 3. The van der Waals surface area contributed by atoms with E-state index < -0.39 is 11.4 Å². The lowest BCUT2D eigenvalue weighted by Crippen LogP contribution is -2.49. The molecule has 4 aromatic rings. The van der Waals surface area contributed by atoms with Crippen molar-refractivity contribution < 1.29 is 28.7 Å². The Labute approximate surface area is 244 Å². The molecule has 5 rings (SSSR count). The van der Waals surface area contributed by atoms with E-state index in [2.05, 4.69) is 31.1 Å². The van der Waals surface area contributed by atoms with E-state index in [0.29, 0.717) is 29.4 Å². The monoisotopic (exact) mass is 564 g/mol. The number of rotatable bonds is 12. The number of pyridine rings is 1. The van der Waals surface area contributed by atoms with Crippen LogP contribution in [0.25, 0.3) is 11.5 Å². The number of hydrogen-bond donors (Lipinski definition) is 4. The summed E-state index contributed by atoms with van der Waals surface area (Å²) in [5.74, 6) is 0.0492. The molecule has 14 heteroatoms. The van der Waals surface area contributed by atoms with Crippen molar-refractivity contribution in [1.29, 1.82) is 0 Å². The van der Waals surface area contributed by atoms with Crippen molar-refractivity contribution in [3.8, 4) is 17.2 Å². The molecule has 1 saturated carbocycles. The number of hydrogen-bond acceptors (Lipinski definition) is 10. The molecule has 2 aromatic carbocycles. The molecule has 12 nitrogen and oxygen atoms in total. The highest BCUT2D eigenvalue weighted by atomic mass is 16.5. The minimum absolute atomic E-state index is 0.0168. The highest BCUT2D eigenvalue weighted by Gasteiger charge is 2.30. The number of carbonyl (C=O) groups is 2. The first-order chi connectivity index (χ1) is 20.2. The average molecular weight is 564 g/mol. The largest absolute Gasteiger partial charge is 0.494 e. The summed E-state index contributed by atoms with van der Waals surface area (Å²) in [7, 11) is 12.2. The summed E-state index contributed by atoms with van der Waals surface area (Å²) in [6, 6.07) is 16.3. The van der Waals surface area contributed by atoms with Crippen LogP contribution in [0.2, 0.25) is 0 Å². The van der Waals surface area contributed by atoms with Gasteiger partial charge in [0.05, 0.1) is 36.2 Å². The van der Waals surface area contributed by atoms with E-state index in [-0.39, 0.29) is 41.4 Å². The van der Waals surface area contributed by atoms with Crippen LogP contribution in [-0.4, -0.2) is 60.4 Å². The van der Waals surface area contributed by atoms with Gasteiger partial charge in [-0.1, -0.05) is 41.6 Å². The van der Waals surface area contributed by atoms with Crippen molar-refractivity contribution in [2.24, 2.45) is 5.92 Å². The Morgan fingerprint density at radius 3 is 2.60 bits per heavy atom. The molecule has 2 aromatic heterocycles. The smallest absolute Gasteiger partial charge is 0.261 e. The van der Waals surface area contributed by atoms with Crippen LogP contribution < -0.4 is 20.7 Å². The number of ether oxygens (including phenoxy) is 2. The maximum Gasteiger partial charge on any atom is 0.261 e. The van der Waals surface area contributed by atoms with Crippen molar-refractivity contribution in [3.05, 3.63) is 77.7 Å². The number of aromatic nitrogens is 3. The third-order valence-corrected chi connectivity index (χ3v) is 6.19. The van der Waals surface area contributed by atoms with E-state index in [1.165, 1.54) is 19.4 Å². The minimum atomic E-state index is -2.47. The van der Waals surface area contributed by atoms with Gasteiger partial charge in [0.1, 0.15) is 28.1 Å². The number of nitrogens with one attached hydrogen (secondary N) is 3. The summed E-state index contributed by atoms with van der Waals surface area (Å²) < 4.78 is 16.9. The van der Waals surface area contributed by atoms with Crippen LogP contribution in [0.5, 0.6) is 5.75 Å². The summed E-state index contributed by atoms with van der Waals surface area (Å²) in [6.07, 6.45) is 2.84. The van der Waals surface area contributed by atoms with Gasteiger partial charge in [-0.3, -0.25) is 9.59 Å². The highest BCUT2D eigenvalue weighted by Crippen LogP contribution is 2.38. The zero-order valence-corrected chi connectivity index (χ0v) is 22.7. The SMILES string of the molecule is [B]C([B])(O)NC(=O)c1cnc(NC(=O)C2CC2)cc1Nc1cccc(-c2nc(COCc3ccccc3)no2)c1OC. The van der Waals surface area contributed by atoms with E-state index >= 15 is 0 Å². The summed E-state index contributed by atoms with van der Waals surface area (Å²) >= 11 is 0. The van der Waals surface area contributed by atoms with Gasteiger partial charge in [-0.25, -0.2) is 4.98 Å². The summed E-state index contributed by atoms with van der Waals surface area (Å²) in [5.41, 5.74) is -0.351. The van der Waals surface area contributed by atoms with Gasteiger partial charge in [0, 0.05) is 23.7 Å². The van der Waals surface area contributed by atoms with Gasteiger partial charge in [0.25, 0.3) is 11.8 Å². The second-order valence-electron chi connectivity index (χ2n) is 9.66. The number of amides is 2. The van der Waals surface area contributed by atoms with Crippen LogP contribution in [0, 0.1) is 5.92 Å². The van der Waals surface area contributed by atoms with Gasteiger partial charge < -0.3 is 35.1 Å². The maximum atomic E-state index is 12.9. The van der Waals surface area contributed by atoms with Crippen molar-refractivity contribution in [3.63, 3.8) is 0 Å². The van der Waals surface area contributed by atoms with Crippen LogP contribution in [0.4, 0.5) is 17.2 Å². The Kier molecular flexibility index (Phi) is 8.55. The molecular weight excluding hydrogens is 538 g/mol. The molecule has 1 fully saturated rings. The zero-order valence-electron chi connectivity index (χ0n) is 22.7. The first kappa shape index (κ1) is 28.8. The third-order valence-electron chi connectivity index (χ3n) is 6.19. The first-order valence-corrected chi connectivity index (χ1v) is 13.0. The Morgan fingerprint density at radius 2 is 1.88 bits per heavy atom. The Hall–Kier alpha value is -4.68. The van der Waals surface area contributed by atoms with Crippen LogP contribution in [0.15, 0.2) is 65.3 Å². The van der Waals surface area contributed by atoms with E-state index in [1.807, 2.05) is 30.3 Å². The molecule has 0 saturated heterocycles. The normalized spacial score (nSPS) is 12.9. The lowest BCUT2D eigenvalue weighted by atomic mass is 9.73. The number of methoxy groups -OCH3 is 1. The molecule has 0 spiro atoms. The summed E-state index contributed by atoms with van der Waals surface area (Å²) in [5, 5.41) is 21.7. The molecule has 0 atom stereocenters. The maximum absolute atomic E-state index is 12.9. The van der Waals surface area contributed by atoms with Crippen LogP contribution in [0.1, 0.15) is 34.6 Å². The fourth-order valence-electron chi connectivity index (χ4n) is 4.06. The van der Waals surface area contributed by atoms with E-state index in [0.717, 1.165) is 18.4 Å². The van der Waals surface area contributed by atoms with Crippen LogP contribution in [-0.2, 0) is 22.7 Å². The number of aliphatic hydroxyl groups is 1. The molecule has 42 heavy (non-hydrogen) atoms. The Bertz CT molecular complexity index is 1570. The Morgan fingerprint density at radius 1 is 1.10 bits per heavy atom. The molecule has 210 valence electrons. The van der Waals surface area contributed by atoms with Crippen molar-refractivity contribution in [2.75, 3.05) is 17.7 Å². The molecule has 1 aliphatic rings. The lowest BCUT2D eigenvalue weighted by Gasteiger charge is -2.22. The molecular formula is C28H26B2N6O6. The fourth-order valence-corrected chi connectivity index (χ4v) is 4.06. The second-order valence-corrected chi connectivity index (χ2v) is 9.66. The predicted octanol–water partition coefficient (Wildman–Crippen LogP) is 2.62. The van der Waals surface area contributed by atoms with Crippen molar-refractivity contribution in [1.82, 2.24) is 20.4 Å². The van der Waals surface area contributed by atoms with E-state index in [1.54, 1.807) is 18.2 Å². The summed E-state index contributed by atoms with van der Waals surface area (Å²) in [4.78, 5) is 33.8. The number of carbonyl (C=O) groups excluding carboxylic acids is 2. The van der Waals surface area contributed by atoms with Gasteiger partial charge in [-0.2, -0.15) is 4.98 Å². The van der Waals surface area contributed by atoms with Gasteiger partial charge in [0.2, 0.25) is 5.91 Å². The van der Waals surface area contributed by atoms with Gasteiger partial charge in [0.15, 0.2) is 11.6 Å².